The third-order valence-corrected chi connectivity index (χ3v) is 2.91. The van der Waals surface area contributed by atoms with Crippen molar-refractivity contribution in [3.8, 4) is 0 Å². The van der Waals surface area contributed by atoms with Gasteiger partial charge in [0.15, 0.2) is 0 Å². The Kier molecular flexibility index (Phi) is 6.08. The van der Waals surface area contributed by atoms with Crippen LogP contribution in [0.5, 0.6) is 0 Å². The number of halogens is 1. The van der Waals surface area contributed by atoms with Gasteiger partial charge >= 0.3 is 0 Å². The molecular weight excluding hydrogens is 219 g/mol. The minimum atomic E-state index is -0.247. The second-order valence-corrected chi connectivity index (χ2v) is 4.19. The maximum absolute atomic E-state index is 13.7. The van der Waals surface area contributed by atoms with Gasteiger partial charge in [0.1, 0.15) is 5.82 Å². The van der Waals surface area contributed by atoms with E-state index in [-0.39, 0.29) is 11.9 Å². The molecule has 3 nitrogen and oxygen atoms in total. The van der Waals surface area contributed by atoms with Crippen molar-refractivity contribution < 1.29 is 9.13 Å². The molecule has 0 fully saturated rings. The molecule has 0 amide bonds. The Balaban J connectivity index is 2.81. The fourth-order valence-corrected chi connectivity index (χ4v) is 1.95. The zero-order valence-electron chi connectivity index (χ0n) is 10.7. The quantitative estimate of drug-likeness (QED) is 0.795. The Morgan fingerprint density at radius 2 is 2.29 bits per heavy atom. The molecular formula is C13H21FN2O. The molecule has 0 spiro atoms. The van der Waals surface area contributed by atoms with Crippen molar-refractivity contribution in [2.45, 2.75) is 26.3 Å². The second-order valence-electron chi connectivity index (χ2n) is 4.19. The first-order chi connectivity index (χ1) is 8.20. The molecule has 0 aliphatic carbocycles. The van der Waals surface area contributed by atoms with E-state index in [4.69, 9.17) is 4.74 Å². The highest BCUT2D eigenvalue weighted by Crippen LogP contribution is 2.26. The number of hydrogen-bond donors (Lipinski definition) is 1. The van der Waals surface area contributed by atoms with Crippen LogP contribution in [-0.2, 0) is 4.74 Å². The molecule has 0 aromatic carbocycles. The molecule has 0 saturated heterocycles. The molecule has 1 heterocycles. The van der Waals surface area contributed by atoms with Crippen molar-refractivity contribution in [1.29, 1.82) is 0 Å². The van der Waals surface area contributed by atoms with Gasteiger partial charge in [-0.15, -0.1) is 0 Å². The maximum atomic E-state index is 13.7. The topological polar surface area (TPSA) is 34.2 Å². The predicted octanol–water partition coefficient (Wildman–Crippen LogP) is 2.54. The number of rotatable bonds is 7. The van der Waals surface area contributed by atoms with E-state index < -0.39 is 0 Å². The first-order valence-electron chi connectivity index (χ1n) is 6.02. The highest BCUT2D eigenvalue weighted by molar-refractivity contribution is 5.18. The molecule has 0 radical (unpaired) electrons. The SMILES string of the molecule is CCNC(c1ccncc1F)C(C)CCOC. The van der Waals surface area contributed by atoms with Crippen LogP contribution in [0.1, 0.15) is 31.9 Å². The van der Waals surface area contributed by atoms with Crippen LogP contribution in [0.2, 0.25) is 0 Å². The number of nitrogens with zero attached hydrogens (tertiary/aromatic N) is 1. The Morgan fingerprint density at radius 1 is 1.53 bits per heavy atom. The third-order valence-electron chi connectivity index (χ3n) is 2.91. The van der Waals surface area contributed by atoms with E-state index in [9.17, 15) is 4.39 Å². The molecule has 0 saturated carbocycles. The van der Waals surface area contributed by atoms with Crippen LogP contribution in [0.3, 0.4) is 0 Å². The summed E-state index contributed by atoms with van der Waals surface area (Å²) in [6, 6.07) is 1.75. The fraction of sp³-hybridized carbons (Fsp3) is 0.615. The van der Waals surface area contributed by atoms with E-state index in [2.05, 4.69) is 17.2 Å². The number of hydrogen-bond acceptors (Lipinski definition) is 3. The Bertz CT molecular complexity index is 333. The Hall–Kier alpha value is -1.00. The van der Waals surface area contributed by atoms with Gasteiger partial charge in [0.25, 0.3) is 0 Å². The minimum Gasteiger partial charge on any atom is -0.385 e. The number of methoxy groups -OCH3 is 1. The van der Waals surface area contributed by atoms with Gasteiger partial charge in [-0.3, -0.25) is 4.98 Å². The summed E-state index contributed by atoms with van der Waals surface area (Å²) in [5, 5.41) is 3.33. The summed E-state index contributed by atoms with van der Waals surface area (Å²) in [6.07, 6.45) is 3.80. The van der Waals surface area contributed by atoms with E-state index in [1.54, 1.807) is 19.4 Å². The Labute approximate surface area is 102 Å². The summed E-state index contributed by atoms with van der Waals surface area (Å²) in [6.45, 7) is 5.63. The molecule has 2 unspecified atom stereocenters. The lowest BCUT2D eigenvalue weighted by atomic mass is 9.92. The molecule has 1 aromatic heterocycles. The van der Waals surface area contributed by atoms with Gasteiger partial charge in [-0.25, -0.2) is 4.39 Å². The highest BCUT2D eigenvalue weighted by Gasteiger charge is 2.21. The average molecular weight is 240 g/mol. The standard InChI is InChI=1S/C13H21FN2O/c1-4-16-13(10(2)6-8-17-3)11-5-7-15-9-12(11)14/h5,7,9-10,13,16H,4,6,8H2,1-3H3. The molecule has 96 valence electrons. The van der Waals surface area contributed by atoms with Crippen molar-refractivity contribution in [2.24, 2.45) is 5.92 Å². The molecule has 0 bridgehead atoms. The first kappa shape index (κ1) is 14.1. The lowest BCUT2D eigenvalue weighted by molar-refractivity contribution is 0.170. The summed E-state index contributed by atoms with van der Waals surface area (Å²) in [5.41, 5.74) is 0.686. The first-order valence-corrected chi connectivity index (χ1v) is 6.02. The summed E-state index contributed by atoms with van der Waals surface area (Å²) in [4.78, 5) is 3.78. The van der Waals surface area contributed by atoms with Gasteiger partial charge in [-0.1, -0.05) is 13.8 Å². The van der Waals surface area contributed by atoms with E-state index in [0.29, 0.717) is 18.1 Å². The molecule has 1 rings (SSSR count). The lowest BCUT2D eigenvalue weighted by Crippen LogP contribution is -2.28. The normalized spacial score (nSPS) is 14.6. The van der Waals surface area contributed by atoms with Gasteiger partial charge in [0.05, 0.1) is 6.20 Å². The van der Waals surface area contributed by atoms with Gasteiger partial charge in [-0.2, -0.15) is 0 Å². The lowest BCUT2D eigenvalue weighted by Gasteiger charge is -2.25. The molecule has 2 atom stereocenters. The van der Waals surface area contributed by atoms with Crippen LogP contribution in [0, 0.1) is 11.7 Å². The van der Waals surface area contributed by atoms with Gasteiger partial charge in [-0.05, 0) is 24.9 Å². The molecule has 0 aliphatic heterocycles. The van der Waals surface area contributed by atoms with E-state index in [1.165, 1.54) is 6.20 Å². The summed E-state index contributed by atoms with van der Waals surface area (Å²) in [7, 11) is 1.68. The number of aromatic nitrogens is 1. The minimum absolute atomic E-state index is 0.0122. The van der Waals surface area contributed by atoms with Crippen molar-refractivity contribution in [2.75, 3.05) is 20.3 Å². The zero-order chi connectivity index (χ0) is 12.7. The molecule has 17 heavy (non-hydrogen) atoms. The number of nitrogens with one attached hydrogen (secondary N) is 1. The molecule has 0 aliphatic rings. The highest BCUT2D eigenvalue weighted by atomic mass is 19.1. The van der Waals surface area contributed by atoms with Crippen molar-refractivity contribution >= 4 is 0 Å². The van der Waals surface area contributed by atoms with Crippen LogP contribution in [-0.4, -0.2) is 25.2 Å². The summed E-state index contributed by atoms with van der Waals surface area (Å²) >= 11 is 0. The van der Waals surface area contributed by atoms with Gasteiger partial charge < -0.3 is 10.1 Å². The third kappa shape index (κ3) is 4.06. The largest absolute Gasteiger partial charge is 0.385 e. The van der Waals surface area contributed by atoms with Gasteiger partial charge in [0.2, 0.25) is 0 Å². The van der Waals surface area contributed by atoms with E-state index in [0.717, 1.165) is 13.0 Å². The predicted molar refractivity (Wildman–Crippen MR) is 66.3 cm³/mol. The van der Waals surface area contributed by atoms with E-state index >= 15 is 0 Å². The van der Waals surface area contributed by atoms with Crippen LogP contribution >= 0.6 is 0 Å². The van der Waals surface area contributed by atoms with Crippen molar-refractivity contribution in [3.05, 3.63) is 29.8 Å². The fourth-order valence-electron chi connectivity index (χ4n) is 1.95. The number of ether oxygens (including phenoxy) is 1. The van der Waals surface area contributed by atoms with Crippen LogP contribution in [0.15, 0.2) is 18.5 Å². The van der Waals surface area contributed by atoms with Crippen LogP contribution in [0.25, 0.3) is 0 Å². The average Bonchev–Trinajstić information content (AvgIpc) is 2.34. The molecule has 1 N–H and O–H groups in total. The second kappa shape index (κ2) is 7.35. The maximum Gasteiger partial charge on any atom is 0.146 e. The van der Waals surface area contributed by atoms with Crippen LogP contribution in [0.4, 0.5) is 4.39 Å². The smallest absolute Gasteiger partial charge is 0.146 e. The Morgan fingerprint density at radius 3 is 2.88 bits per heavy atom. The number of pyridine rings is 1. The zero-order valence-corrected chi connectivity index (χ0v) is 10.7. The molecule has 4 heteroatoms. The summed E-state index contributed by atoms with van der Waals surface area (Å²) in [5.74, 6) is 0.0644. The molecule has 1 aromatic rings. The van der Waals surface area contributed by atoms with Crippen LogP contribution < -0.4 is 5.32 Å². The van der Waals surface area contributed by atoms with Crippen molar-refractivity contribution in [3.63, 3.8) is 0 Å². The van der Waals surface area contributed by atoms with Gasteiger partial charge in [0, 0.05) is 31.5 Å². The monoisotopic (exact) mass is 240 g/mol. The van der Waals surface area contributed by atoms with Crippen molar-refractivity contribution in [1.82, 2.24) is 10.3 Å². The van der Waals surface area contributed by atoms with E-state index in [1.807, 2.05) is 6.92 Å². The summed E-state index contributed by atoms with van der Waals surface area (Å²) < 4.78 is 18.8.